The molecule has 0 aliphatic heterocycles. The van der Waals surface area contributed by atoms with Gasteiger partial charge in [0.2, 0.25) is 11.1 Å². The Balaban J connectivity index is 1.22. The van der Waals surface area contributed by atoms with Gasteiger partial charge in [0.25, 0.3) is 0 Å². The van der Waals surface area contributed by atoms with Gasteiger partial charge in [-0.25, -0.2) is 4.39 Å². The Morgan fingerprint density at radius 3 is 2.55 bits per heavy atom. The molecule has 4 aliphatic carbocycles. The summed E-state index contributed by atoms with van der Waals surface area (Å²) in [6.07, 6.45) is 7.98. The lowest BCUT2D eigenvalue weighted by atomic mass is 9.48. The van der Waals surface area contributed by atoms with Crippen molar-refractivity contribution in [1.29, 1.82) is 0 Å². The molecule has 29 heavy (non-hydrogen) atoms. The van der Waals surface area contributed by atoms with Crippen LogP contribution in [0, 0.1) is 29.0 Å². The van der Waals surface area contributed by atoms with E-state index in [9.17, 15) is 9.18 Å². The molecule has 1 heterocycles. The highest BCUT2D eigenvalue weighted by molar-refractivity contribution is 7.99. The SMILES string of the molecule is C[C@@H](NC(=O)CSc1nnnn1-c1ccccc1F)C12CC3CC(CC(C3)C1)C2. The number of hydrogen-bond acceptors (Lipinski definition) is 5. The van der Waals surface area contributed by atoms with E-state index in [1.54, 1.807) is 18.2 Å². The van der Waals surface area contributed by atoms with Crippen molar-refractivity contribution < 1.29 is 9.18 Å². The molecular formula is C21H26FN5OS. The Hall–Kier alpha value is -1.96. The fourth-order valence-corrected chi connectivity index (χ4v) is 7.01. The average molecular weight is 416 g/mol. The van der Waals surface area contributed by atoms with E-state index >= 15 is 0 Å². The largest absolute Gasteiger partial charge is 0.352 e. The Labute approximate surface area is 174 Å². The summed E-state index contributed by atoms with van der Waals surface area (Å²) in [5.41, 5.74) is 0.562. The molecule has 4 aliphatic rings. The lowest BCUT2D eigenvalue weighted by molar-refractivity contribution is -0.123. The van der Waals surface area contributed by atoms with Crippen molar-refractivity contribution in [2.45, 2.75) is 56.6 Å². The summed E-state index contributed by atoms with van der Waals surface area (Å²) in [6.45, 7) is 2.18. The molecule has 4 bridgehead atoms. The second-order valence-corrected chi connectivity index (χ2v) is 10.1. The van der Waals surface area contributed by atoms with Crippen LogP contribution in [-0.4, -0.2) is 37.9 Å². The number of nitrogens with one attached hydrogen (secondary N) is 1. The zero-order chi connectivity index (χ0) is 20.0. The van der Waals surface area contributed by atoms with Crippen LogP contribution in [0.5, 0.6) is 0 Å². The summed E-state index contributed by atoms with van der Waals surface area (Å²) in [5.74, 6) is 2.38. The summed E-state index contributed by atoms with van der Waals surface area (Å²) in [6, 6.07) is 6.52. The van der Waals surface area contributed by atoms with E-state index in [-0.39, 0.29) is 28.8 Å². The molecule has 0 radical (unpaired) electrons. The fraction of sp³-hybridized carbons (Fsp3) is 0.619. The van der Waals surface area contributed by atoms with Gasteiger partial charge < -0.3 is 5.32 Å². The minimum Gasteiger partial charge on any atom is -0.352 e. The van der Waals surface area contributed by atoms with Crippen LogP contribution >= 0.6 is 11.8 Å². The van der Waals surface area contributed by atoms with Crippen molar-refractivity contribution in [3.8, 4) is 5.69 Å². The van der Waals surface area contributed by atoms with Crippen LogP contribution in [0.2, 0.25) is 0 Å². The Morgan fingerprint density at radius 1 is 1.24 bits per heavy atom. The Bertz CT molecular complexity index is 881. The van der Waals surface area contributed by atoms with Gasteiger partial charge in [0.05, 0.1) is 5.75 Å². The smallest absolute Gasteiger partial charge is 0.230 e. The predicted molar refractivity (Wildman–Crippen MR) is 108 cm³/mol. The number of carbonyl (C=O) groups is 1. The van der Waals surface area contributed by atoms with Gasteiger partial charge in [0.1, 0.15) is 11.5 Å². The number of hydrogen-bond donors (Lipinski definition) is 1. The molecule has 6 nitrogen and oxygen atoms in total. The Morgan fingerprint density at radius 2 is 1.90 bits per heavy atom. The number of thioether (sulfide) groups is 1. The zero-order valence-electron chi connectivity index (χ0n) is 16.6. The van der Waals surface area contributed by atoms with Crippen molar-refractivity contribution in [1.82, 2.24) is 25.5 Å². The molecule has 0 saturated heterocycles. The highest BCUT2D eigenvalue weighted by Gasteiger charge is 2.53. The molecule has 1 aromatic heterocycles. The van der Waals surface area contributed by atoms with Crippen molar-refractivity contribution in [2.75, 3.05) is 5.75 Å². The minimum atomic E-state index is -0.401. The Kier molecular flexibility index (Phi) is 4.84. The number of halogens is 1. The molecule has 1 atom stereocenters. The number of amides is 1. The first-order valence-corrected chi connectivity index (χ1v) is 11.5. The van der Waals surface area contributed by atoms with Crippen molar-refractivity contribution in [2.24, 2.45) is 23.2 Å². The van der Waals surface area contributed by atoms with Crippen LogP contribution in [0.4, 0.5) is 4.39 Å². The monoisotopic (exact) mass is 415 g/mol. The summed E-state index contributed by atoms with van der Waals surface area (Å²) < 4.78 is 15.4. The van der Waals surface area contributed by atoms with Crippen LogP contribution in [0.25, 0.3) is 5.69 Å². The molecule has 1 N–H and O–H groups in total. The number of para-hydroxylation sites is 1. The molecule has 0 unspecified atom stereocenters. The van der Waals surface area contributed by atoms with E-state index in [0.717, 1.165) is 17.8 Å². The molecule has 2 aromatic rings. The number of nitrogens with zero attached hydrogens (tertiary/aromatic N) is 4. The van der Waals surface area contributed by atoms with E-state index in [1.807, 2.05) is 0 Å². The third kappa shape index (κ3) is 3.56. The van der Waals surface area contributed by atoms with Gasteiger partial charge in [0.15, 0.2) is 0 Å². The third-order valence-corrected chi connectivity index (χ3v) is 8.15. The van der Waals surface area contributed by atoms with E-state index in [2.05, 4.69) is 27.8 Å². The molecule has 4 saturated carbocycles. The zero-order valence-corrected chi connectivity index (χ0v) is 17.4. The molecule has 154 valence electrons. The molecule has 6 rings (SSSR count). The van der Waals surface area contributed by atoms with Gasteiger partial charge >= 0.3 is 0 Å². The number of benzene rings is 1. The maximum Gasteiger partial charge on any atom is 0.230 e. The summed E-state index contributed by atoms with van der Waals surface area (Å²) in [5, 5.41) is 15.2. The number of rotatable bonds is 6. The molecule has 0 spiro atoms. The third-order valence-electron chi connectivity index (χ3n) is 7.24. The standard InChI is InChI=1S/C21H26FN5OS/c1-13(21-9-14-6-15(10-21)8-16(7-14)11-21)23-19(28)12-29-20-24-25-26-27(20)18-5-3-2-4-17(18)22/h2-5,13-16H,6-12H2,1H3,(H,23,28)/t13-,14?,15?,16?,21?/m1/s1. The highest BCUT2D eigenvalue weighted by atomic mass is 32.2. The van der Waals surface area contributed by atoms with Crippen molar-refractivity contribution in [3.63, 3.8) is 0 Å². The molecule has 8 heteroatoms. The maximum absolute atomic E-state index is 14.1. The molecule has 1 aromatic carbocycles. The van der Waals surface area contributed by atoms with Crippen LogP contribution in [0.3, 0.4) is 0 Å². The topological polar surface area (TPSA) is 72.7 Å². The van der Waals surface area contributed by atoms with Gasteiger partial charge in [-0.15, -0.1) is 5.10 Å². The second kappa shape index (κ2) is 7.38. The fourth-order valence-electron chi connectivity index (χ4n) is 6.32. The second-order valence-electron chi connectivity index (χ2n) is 9.18. The highest BCUT2D eigenvalue weighted by Crippen LogP contribution is 2.61. The first-order chi connectivity index (χ1) is 14.0. The van der Waals surface area contributed by atoms with E-state index < -0.39 is 5.82 Å². The quantitative estimate of drug-likeness (QED) is 0.730. The van der Waals surface area contributed by atoms with Crippen LogP contribution < -0.4 is 5.32 Å². The lowest BCUT2D eigenvalue weighted by Crippen LogP contribution is -2.56. The summed E-state index contributed by atoms with van der Waals surface area (Å²) >= 11 is 1.23. The first kappa shape index (κ1) is 19.0. The van der Waals surface area contributed by atoms with Gasteiger partial charge in [0, 0.05) is 6.04 Å². The van der Waals surface area contributed by atoms with Gasteiger partial charge in [-0.05, 0) is 91.2 Å². The van der Waals surface area contributed by atoms with Crippen LogP contribution in [0.1, 0.15) is 45.4 Å². The van der Waals surface area contributed by atoms with E-state index in [1.165, 1.54) is 61.0 Å². The van der Waals surface area contributed by atoms with Crippen molar-refractivity contribution in [3.05, 3.63) is 30.1 Å². The van der Waals surface area contributed by atoms with Gasteiger partial charge in [-0.3, -0.25) is 4.79 Å². The number of aromatic nitrogens is 4. The predicted octanol–water partition coefficient (Wildman–Crippen LogP) is 3.61. The lowest BCUT2D eigenvalue weighted by Gasteiger charge is -2.59. The number of tetrazole rings is 1. The van der Waals surface area contributed by atoms with Gasteiger partial charge in [-0.1, -0.05) is 23.9 Å². The normalized spacial score (nSPS) is 31.0. The first-order valence-electron chi connectivity index (χ1n) is 10.5. The molecular weight excluding hydrogens is 389 g/mol. The average Bonchev–Trinajstić information content (AvgIpc) is 3.14. The summed E-state index contributed by atoms with van der Waals surface area (Å²) in [7, 11) is 0. The van der Waals surface area contributed by atoms with E-state index in [4.69, 9.17) is 0 Å². The van der Waals surface area contributed by atoms with E-state index in [0.29, 0.717) is 5.16 Å². The maximum atomic E-state index is 14.1. The van der Waals surface area contributed by atoms with Gasteiger partial charge in [-0.2, -0.15) is 4.68 Å². The van der Waals surface area contributed by atoms with Crippen molar-refractivity contribution >= 4 is 17.7 Å². The van der Waals surface area contributed by atoms with Crippen LogP contribution in [0.15, 0.2) is 29.4 Å². The minimum absolute atomic E-state index is 0.0127. The molecule has 1 amide bonds. The number of carbonyl (C=O) groups excluding carboxylic acids is 1. The van der Waals surface area contributed by atoms with Crippen LogP contribution in [-0.2, 0) is 4.79 Å². The summed E-state index contributed by atoms with van der Waals surface area (Å²) in [4.78, 5) is 12.7. The molecule has 4 fully saturated rings.